The molecule has 1 unspecified atom stereocenters. The Labute approximate surface area is 110 Å². The maximum Gasteiger partial charge on any atom is 0.119 e. The Bertz CT molecular complexity index is 493. The monoisotopic (exact) mass is 261 g/mol. The number of nitrogens with zero attached hydrogens (tertiary/aromatic N) is 2. The molecule has 0 spiro atoms. The minimum Gasteiger partial charge on any atom is -0.490 e. The average Bonchev–Trinajstić information content (AvgIpc) is 3.05. The summed E-state index contributed by atoms with van der Waals surface area (Å²) in [6.45, 7) is 0. The van der Waals surface area contributed by atoms with Crippen LogP contribution in [-0.4, -0.2) is 22.7 Å². The molecule has 1 N–H and O–H groups in total. The largest absolute Gasteiger partial charge is 0.490 e. The standard InChI is InChI=1S/C13H15N3OS/c1-14-13(12-8-18-16-15-12)9-2-4-10(5-3-9)17-11-6-7-11/h2-5,8,11,13-14H,6-7H2,1H3. The molecule has 1 saturated carbocycles. The van der Waals surface area contributed by atoms with Gasteiger partial charge in [-0.15, -0.1) is 5.10 Å². The fourth-order valence-corrected chi connectivity index (χ4v) is 2.38. The lowest BCUT2D eigenvalue weighted by molar-refractivity contribution is 0.303. The summed E-state index contributed by atoms with van der Waals surface area (Å²) in [5.41, 5.74) is 2.13. The highest BCUT2D eigenvalue weighted by Crippen LogP contribution is 2.28. The minimum absolute atomic E-state index is 0.0960. The van der Waals surface area contributed by atoms with Crippen molar-refractivity contribution in [3.63, 3.8) is 0 Å². The van der Waals surface area contributed by atoms with Gasteiger partial charge < -0.3 is 10.1 Å². The molecule has 4 nitrogen and oxygen atoms in total. The third kappa shape index (κ3) is 2.52. The zero-order valence-electron chi connectivity index (χ0n) is 10.2. The first-order valence-electron chi connectivity index (χ1n) is 6.07. The van der Waals surface area contributed by atoms with Crippen LogP contribution in [0.5, 0.6) is 5.75 Å². The van der Waals surface area contributed by atoms with Crippen molar-refractivity contribution in [3.05, 3.63) is 40.9 Å². The van der Waals surface area contributed by atoms with Gasteiger partial charge in [0.05, 0.1) is 17.8 Å². The first-order valence-corrected chi connectivity index (χ1v) is 6.91. The van der Waals surface area contributed by atoms with Gasteiger partial charge in [0.1, 0.15) is 5.75 Å². The zero-order chi connectivity index (χ0) is 12.4. The zero-order valence-corrected chi connectivity index (χ0v) is 11.0. The Hall–Kier alpha value is -1.46. The smallest absolute Gasteiger partial charge is 0.119 e. The Balaban J connectivity index is 1.77. The van der Waals surface area contributed by atoms with E-state index in [9.17, 15) is 0 Å². The molecule has 94 valence electrons. The van der Waals surface area contributed by atoms with Gasteiger partial charge in [-0.1, -0.05) is 16.6 Å². The second-order valence-corrected chi connectivity index (χ2v) is 5.05. The number of hydrogen-bond donors (Lipinski definition) is 1. The molecule has 0 radical (unpaired) electrons. The molecule has 0 saturated heterocycles. The highest BCUT2D eigenvalue weighted by molar-refractivity contribution is 7.03. The molecule has 0 aliphatic heterocycles. The second-order valence-electron chi connectivity index (χ2n) is 4.44. The maximum absolute atomic E-state index is 5.74. The summed E-state index contributed by atoms with van der Waals surface area (Å²) in [6, 6.07) is 8.31. The van der Waals surface area contributed by atoms with E-state index in [1.165, 1.54) is 29.9 Å². The first-order chi connectivity index (χ1) is 8.86. The van der Waals surface area contributed by atoms with Crippen LogP contribution in [0.15, 0.2) is 29.6 Å². The van der Waals surface area contributed by atoms with Crippen LogP contribution in [0, 0.1) is 0 Å². The van der Waals surface area contributed by atoms with Crippen LogP contribution in [-0.2, 0) is 0 Å². The van der Waals surface area contributed by atoms with Crippen molar-refractivity contribution >= 4 is 11.5 Å². The molecule has 0 bridgehead atoms. The van der Waals surface area contributed by atoms with Crippen molar-refractivity contribution in [1.82, 2.24) is 14.9 Å². The van der Waals surface area contributed by atoms with Gasteiger partial charge in [0.2, 0.25) is 0 Å². The summed E-state index contributed by atoms with van der Waals surface area (Å²) in [5, 5.41) is 9.34. The van der Waals surface area contributed by atoms with Crippen molar-refractivity contribution in [3.8, 4) is 5.75 Å². The number of aromatic nitrogens is 2. The molecule has 1 atom stereocenters. The van der Waals surface area contributed by atoms with E-state index in [0.29, 0.717) is 6.10 Å². The molecular weight excluding hydrogens is 246 g/mol. The molecule has 1 aliphatic carbocycles. The van der Waals surface area contributed by atoms with Crippen LogP contribution < -0.4 is 10.1 Å². The predicted octanol–water partition coefficient (Wildman–Crippen LogP) is 2.39. The molecule has 0 amide bonds. The second kappa shape index (κ2) is 5.04. The number of benzene rings is 1. The molecule has 5 heteroatoms. The average molecular weight is 261 g/mol. The van der Waals surface area contributed by atoms with Crippen molar-refractivity contribution in [2.75, 3.05) is 7.05 Å². The Morgan fingerprint density at radius 2 is 2.11 bits per heavy atom. The van der Waals surface area contributed by atoms with Gasteiger partial charge in [0, 0.05) is 5.38 Å². The van der Waals surface area contributed by atoms with Crippen LogP contribution in [0.1, 0.15) is 30.1 Å². The Morgan fingerprint density at radius 1 is 1.33 bits per heavy atom. The summed E-state index contributed by atoms with van der Waals surface area (Å²) in [5.74, 6) is 0.951. The van der Waals surface area contributed by atoms with Crippen molar-refractivity contribution < 1.29 is 4.74 Å². The number of rotatable bonds is 5. The maximum atomic E-state index is 5.74. The SMILES string of the molecule is CNC(c1ccc(OC2CC2)cc1)c1csnn1. The van der Waals surface area contributed by atoms with Crippen LogP contribution in [0.3, 0.4) is 0 Å². The quantitative estimate of drug-likeness (QED) is 0.897. The highest BCUT2D eigenvalue weighted by atomic mass is 32.1. The van der Waals surface area contributed by atoms with Gasteiger partial charge >= 0.3 is 0 Å². The lowest BCUT2D eigenvalue weighted by Gasteiger charge is -2.14. The van der Waals surface area contributed by atoms with E-state index in [1.54, 1.807) is 0 Å². The van der Waals surface area contributed by atoms with Gasteiger partial charge in [-0.05, 0) is 49.1 Å². The lowest BCUT2D eigenvalue weighted by Crippen LogP contribution is -2.18. The van der Waals surface area contributed by atoms with E-state index in [1.807, 2.05) is 24.6 Å². The molecule has 18 heavy (non-hydrogen) atoms. The van der Waals surface area contributed by atoms with E-state index in [-0.39, 0.29) is 6.04 Å². The molecule has 1 fully saturated rings. The summed E-state index contributed by atoms with van der Waals surface area (Å²) in [7, 11) is 1.93. The topological polar surface area (TPSA) is 47.0 Å². The van der Waals surface area contributed by atoms with Crippen molar-refractivity contribution in [2.24, 2.45) is 0 Å². The molecule has 1 aliphatic rings. The van der Waals surface area contributed by atoms with Crippen LogP contribution in [0.25, 0.3) is 0 Å². The fourth-order valence-electron chi connectivity index (χ4n) is 1.90. The lowest BCUT2D eigenvalue weighted by atomic mass is 10.0. The van der Waals surface area contributed by atoms with Gasteiger partial charge in [-0.3, -0.25) is 0 Å². The molecule has 1 aromatic heterocycles. The molecular formula is C13H15N3OS. The third-order valence-corrected chi connectivity index (χ3v) is 3.52. The molecule has 2 aromatic rings. The summed E-state index contributed by atoms with van der Waals surface area (Å²) >= 11 is 1.37. The third-order valence-electron chi connectivity index (χ3n) is 3.00. The summed E-state index contributed by atoms with van der Waals surface area (Å²) in [4.78, 5) is 0. The molecule has 3 rings (SSSR count). The molecule has 1 aromatic carbocycles. The van der Waals surface area contributed by atoms with Gasteiger partial charge in [-0.2, -0.15) is 0 Å². The van der Waals surface area contributed by atoms with E-state index >= 15 is 0 Å². The van der Waals surface area contributed by atoms with Gasteiger partial charge in [-0.25, -0.2) is 0 Å². The number of nitrogens with one attached hydrogen (secondary N) is 1. The van der Waals surface area contributed by atoms with Crippen LogP contribution >= 0.6 is 11.5 Å². The highest BCUT2D eigenvalue weighted by Gasteiger charge is 2.23. The van der Waals surface area contributed by atoms with E-state index < -0.39 is 0 Å². The van der Waals surface area contributed by atoms with Crippen molar-refractivity contribution in [1.29, 1.82) is 0 Å². The van der Waals surface area contributed by atoms with Gasteiger partial charge in [0.25, 0.3) is 0 Å². The normalized spacial score (nSPS) is 16.5. The van der Waals surface area contributed by atoms with E-state index in [4.69, 9.17) is 4.74 Å². The Kier molecular flexibility index (Phi) is 3.25. The fraction of sp³-hybridized carbons (Fsp3) is 0.385. The van der Waals surface area contributed by atoms with E-state index in [0.717, 1.165) is 11.4 Å². The van der Waals surface area contributed by atoms with Crippen LogP contribution in [0.2, 0.25) is 0 Å². The Morgan fingerprint density at radius 3 is 2.67 bits per heavy atom. The number of hydrogen-bond acceptors (Lipinski definition) is 5. The minimum atomic E-state index is 0.0960. The predicted molar refractivity (Wildman–Crippen MR) is 70.9 cm³/mol. The van der Waals surface area contributed by atoms with Crippen LogP contribution in [0.4, 0.5) is 0 Å². The number of ether oxygens (including phenoxy) is 1. The summed E-state index contributed by atoms with van der Waals surface area (Å²) in [6.07, 6.45) is 2.82. The van der Waals surface area contributed by atoms with Gasteiger partial charge in [0.15, 0.2) is 0 Å². The van der Waals surface area contributed by atoms with E-state index in [2.05, 4.69) is 27.0 Å². The van der Waals surface area contributed by atoms with Crippen molar-refractivity contribution in [2.45, 2.75) is 25.0 Å². The first kappa shape index (κ1) is 11.6. The molecule has 1 heterocycles. The summed E-state index contributed by atoms with van der Waals surface area (Å²) < 4.78 is 9.65.